The molecular weight excluding hydrogens is 316 g/mol. The topological polar surface area (TPSA) is 52.7 Å². The summed E-state index contributed by atoms with van der Waals surface area (Å²) in [4.78, 5) is 27.9. The zero-order valence-corrected chi connectivity index (χ0v) is 13.6. The fourth-order valence-electron chi connectivity index (χ4n) is 2.89. The van der Waals surface area contributed by atoms with E-state index in [2.05, 4.69) is 5.32 Å². The summed E-state index contributed by atoms with van der Waals surface area (Å²) in [5.41, 5.74) is -0.509. The fraction of sp³-hybridized carbons (Fsp3) is 0.529. The van der Waals surface area contributed by atoms with Gasteiger partial charge >= 0.3 is 0 Å². The molecule has 24 heavy (non-hydrogen) atoms. The van der Waals surface area contributed by atoms with E-state index in [1.165, 1.54) is 11.0 Å². The normalized spacial score (nSPS) is 19.9. The van der Waals surface area contributed by atoms with Crippen molar-refractivity contribution in [2.75, 3.05) is 26.2 Å². The van der Waals surface area contributed by atoms with Gasteiger partial charge in [0.15, 0.2) is 0 Å². The summed E-state index contributed by atoms with van der Waals surface area (Å²) in [7, 11) is 0. The minimum absolute atomic E-state index is 0.00238. The van der Waals surface area contributed by atoms with Crippen molar-refractivity contribution in [1.29, 1.82) is 0 Å². The number of piperazine rings is 1. The van der Waals surface area contributed by atoms with Crippen molar-refractivity contribution >= 4 is 11.8 Å². The Morgan fingerprint density at radius 2 is 1.71 bits per heavy atom. The van der Waals surface area contributed by atoms with E-state index in [0.717, 1.165) is 25.0 Å². The first-order valence-electron chi connectivity index (χ1n) is 8.25. The van der Waals surface area contributed by atoms with Gasteiger partial charge in [-0.15, -0.1) is 0 Å². The molecule has 3 rings (SSSR count). The van der Waals surface area contributed by atoms with Crippen LogP contribution in [0.2, 0.25) is 0 Å². The zero-order valence-electron chi connectivity index (χ0n) is 13.6. The van der Waals surface area contributed by atoms with Crippen LogP contribution in [0, 0.1) is 11.6 Å². The van der Waals surface area contributed by atoms with E-state index in [9.17, 15) is 18.4 Å². The number of carbonyl (C=O) groups excluding carboxylic acids is 2. The van der Waals surface area contributed by atoms with Crippen LogP contribution >= 0.6 is 0 Å². The van der Waals surface area contributed by atoms with Crippen molar-refractivity contribution < 1.29 is 18.4 Å². The molecule has 1 saturated heterocycles. The van der Waals surface area contributed by atoms with Crippen LogP contribution < -0.4 is 5.32 Å². The van der Waals surface area contributed by atoms with Crippen LogP contribution in [0.3, 0.4) is 0 Å². The maximum absolute atomic E-state index is 13.7. The van der Waals surface area contributed by atoms with Crippen molar-refractivity contribution in [2.45, 2.75) is 31.8 Å². The van der Waals surface area contributed by atoms with Gasteiger partial charge in [-0.25, -0.2) is 8.78 Å². The van der Waals surface area contributed by atoms with Gasteiger partial charge in [0.25, 0.3) is 5.91 Å². The van der Waals surface area contributed by atoms with Crippen LogP contribution in [0.25, 0.3) is 0 Å². The third-order valence-electron chi connectivity index (χ3n) is 4.63. The minimum atomic E-state index is -0.848. The Labute approximate surface area is 139 Å². The lowest BCUT2D eigenvalue weighted by Crippen LogP contribution is -2.55. The first-order chi connectivity index (χ1) is 11.5. The molecule has 1 unspecified atom stereocenters. The predicted octanol–water partition coefficient (Wildman–Crippen LogP) is 1.39. The van der Waals surface area contributed by atoms with Crippen molar-refractivity contribution in [3.05, 3.63) is 35.4 Å². The number of halogens is 2. The largest absolute Gasteiger partial charge is 0.352 e. The Morgan fingerprint density at radius 3 is 2.25 bits per heavy atom. The molecule has 2 amide bonds. The van der Waals surface area contributed by atoms with Crippen LogP contribution in [-0.4, -0.2) is 59.9 Å². The molecule has 1 N–H and O–H groups in total. The highest BCUT2D eigenvalue weighted by Crippen LogP contribution is 2.20. The molecule has 1 aliphatic carbocycles. The first kappa shape index (κ1) is 16.8. The molecule has 1 atom stereocenters. The van der Waals surface area contributed by atoms with Crippen LogP contribution in [0.1, 0.15) is 30.1 Å². The number of carbonyl (C=O) groups is 2. The van der Waals surface area contributed by atoms with Crippen LogP contribution in [-0.2, 0) is 4.79 Å². The van der Waals surface area contributed by atoms with Crippen molar-refractivity contribution in [3.8, 4) is 0 Å². The second-order valence-corrected chi connectivity index (χ2v) is 6.38. The summed E-state index contributed by atoms with van der Waals surface area (Å²) in [5.74, 6) is -2.34. The summed E-state index contributed by atoms with van der Waals surface area (Å²) in [5, 5.41) is 2.97. The van der Waals surface area contributed by atoms with Crippen LogP contribution in [0.5, 0.6) is 0 Å². The number of hydrogen-bond acceptors (Lipinski definition) is 3. The number of benzene rings is 1. The van der Waals surface area contributed by atoms with Gasteiger partial charge < -0.3 is 10.2 Å². The van der Waals surface area contributed by atoms with E-state index in [-0.39, 0.29) is 11.9 Å². The predicted molar refractivity (Wildman–Crippen MR) is 84.5 cm³/mol. The quantitative estimate of drug-likeness (QED) is 0.903. The molecule has 5 nitrogen and oxygen atoms in total. The SMILES string of the molecule is CC(C(=O)NC1CC1)N1CCN(C(=O)c2c(F)cccc2F)CC1. The van der Waals surface area contributed by atoms with Gasteiger partial charge in [-0.05, 0) is 31.9 Å². The van der Waals surface area contributed by atoms with E-state index in [4.69, 9.17) is 0 Å². The van der Waals surface area contributed by atoms with Gasteiger partial charge in [0.05, 0.1) is 6.04 Å². The number of hydrogen-bond donors (Lipinski definition) is 1. The van der Waals surface area contributed by atoms with Gasteiger partial charge in [0.1, 0.15) is 17.2 Å². The molecule has 0 bridgehead atoms. The Kier molecular flexibility index (Phi) is 4.80. The van der Waals surface area contributed by atoms with Crippen LogP contribution in [0.15, 0.2) is 18.2 Å². The highest BCUT2D eigenvalue weighted by Gasteiger charge is 2.32. The fourth-order valence-corrected chi connectivity index (χ4v) is 2.89. The van der Waals surface area contributed by atoms with E-state index in [1.54, 1.807) is 0 Å². The van der Waals surface area contributed by atoms with E-state index < -0.39 is 23.1 Å². The van der Waals surface area contributed by atoms with E-state index >= 15 is 0 Å². The van der Waals surface area contributed by atoms with Crippen molar-refractivity contribution in [1.82, 2.24) is 15.1 Å². The number of rotatable bonds is 4. The molecule has 0 radical (unpaired) electrons. The second-order valence-electron chi connectivity index (χ2n) is 6.38. The number of nitrogens with one attached hydrogen (secondary N) is 1. The van der Waals surface area contributed by atoms with Gasteiger partial charge in [0, 0.05) is 32.2 Å². The van der Waals surface area contributed by atoms with Gasteiger partial charge in [-0.3, -0.25) is 14.5 Å². The molecule has 2 fully saturated rings. The monoisotopic (exact) mass is 337 g/mol. The Hall–Kier alpha value is -2.02. The standard InChI is InChI=1S/C17H21F2N3O2/c1-11(16(23)20-12-5-6-12)21-7-9-22(10-8-21)17(24)15-13(18)3-2-4-14(15)19/h2-4,11-12H,5-10H2,1H3,(H,20,23). The number of amides is 2. The molecule has 1 heterocycles. The molecular formula is C17H21F2N3O2. The maximum atomic E-state index is 13.7. The lowest BCUT2D eigenvalue weighted by atomic mass is 10.1. The summed E-state index contributed by atoms with van der Waals surface area (Å²) in [6.07, 6.45) is 2.07. The molecule has 130 valence electrons. The third-order valence-corrected chi connectivity index (χ3v) is 4.63. The molecule has 1 aliphatic heterocycles. The molecule has 0 aromatic heterocycles. The molecule has 7 heteroatoms. The van der Waals surface area contributed by atoms with Gasteiger partial charge in [0.2, 0.25) is 5.91 Å². The summed E-state index contributed by atoms with van der Waals surface area (Å²) in [6, 6.07) is 3.44. The second kappa shape index (κ2) is 6.84. The Bertz CT molecular complexity index is 620. The molecule has 2 aliphatic rings. The average Bonchev–Trinajstić information content (AvgIpc) is 3.38. The summed E-state index contributed by atoms with van der Waals surface area (Å²) >= 11 is 0. The van der Waals surface area contributed by atoms with Crippen molar-refractivity contribution in [3.63, 3.8) is 0 Å². The lowest BCUT2D eigenvalue weighted by molar-refractivity contribution is -0.126. The van der Waals surface area contributed by atoms with Crippen LogP contribution in [0.4, 0.5) is 8.78 Å². The molecule has 1 aromatic rings. The van der Waals surface area contributed by atoms with E-state index in [1.807, 2.05) is 11.8 Å². The Balaban J connectivity index is 1.58. The van der Waals surface area contributed by atoms with Gasteiger partial charge in [-0.2, -0.15) is 0 Å². The molecule has 1 saturated carbocycles. The summed E-state index contributed by atoms with van der Waals surface area (Å²) < 4.78 is 27.5. The first-order valence-corrected chi connectivity index (χ1v) is 8.25. The number of nitrogens with zero attached hydrogens (tertiary/aromatic N) is 2. The van der Waals surface area contributed by atoms with Crippen molar-refractivity contribution in [2.24, 2.45) is 0 Å². The van der Waals surface area contributed by atoms with Gasteiger partial charge in [-0.1, -0.05) is 6.07 Å². The summed E-state index contributed by atoms with van der Waals surface area (Å²) in [6.45, 7) is 3.52. The molecule has 1 aromatic carbocycles. The highest BCUT2D eigenvalue weighted by molar-refractivity contribution is 5.94. The third kappa shape index (κ3) is 3.56. The van der Waals surface area contributed by atoms with E-state index in [0.29, 0.717) is 32.2 Å². The smallest absolute Gasteiger partial charge is 0.259 e. The highest BCUT2D eigenvalue weighted by atomic mass is 19.1. The lowest BCUT2D eigenvalue weighted by Gasteiger charge is -2.37. The Morgan fingerprint density at radius 1 is 1.12 bits per heavy atom. The molecule has 0 spiro atoms. The average molecular weight is 337 g/mol. The zero-order chi connectivity index (χ0) is 17.3. The minimum Gasteiger partial charge on any atom is -0.352 e. The maximum Gasteiger partial charge on any atom is 0.259 e.